The fourth-order valence-corrected chi connectivity index (χ4v) is 2.53. The molecule has 0 radical (unpaired) electrons. The van der Waals surface area contributed by atoms with E-state index < -0.39 is 0 Å². The van der Waals surface area contributed by atoms with Gasteiger partial charge in [-0.05, 0) is 43.0 Å². The van der Waals surface area contributed by atoms with Gasteiger partial charge in [0.1, 0.15) is 5.75 Å². The zero-order valence-electron chi connectivity index (χ0n) is 13.4. The van der Waals surface area contributed by atoms with Crippen molar-refractivity contribution in [2.45, 2.75) is 46.0 Å². The Bertz CT molecular complexity index is 578. The van der Waals surface area contributed by atoms with Crippen LogP contribution in [0.5, 0.6) is 5.75 Å². The van der Waals surface area contributed by atoms with Crippen molar-refractivity contribution in [2.24, 2.45) is 0 Å². The van der Waals surface area contributed by atoms with Gasteiger partial charge in [0.05, 0.1) is 12.8 Å². The van der Waals surface area contributed by atoms with Crippen LogP contribution in [0.25, 0.3) is 11.3 Å². The van der Waals surface area contributed by atoms with Crippen LogP contribution in [-0.2, 0) is 12.8 Å². The summed E-state index contributed by atoms with van der Waals surface area (Å²) in [5.41, 5.74) is 4.83. The fraction of sp³-hybridized carbons (Fsp3) is 0.421. The second kappa shape index (κ2) is 7.82. The largest absolute Gasteiger partial charge is 0.497 e. The number of pyridine rings is 1. The molecular weight excluding hydrogens is 258 g/mol. The Balaban J connectivity index is 2.35. The Morgan fingerprint density at radius 1 is 1.00 bits per heavy atom. The molecule has 2 rings (SSSR count). The van der Waals surface area contributed by atoms with Crippen molar-refractivity contribution >= 4 is 0 Å². The van der Waals surface area contributed by atoms with Crippen LogP contribution in [0.1, 0.15) is 44.4 Å². The molecule has 0 atom stereocenters. The highest BCUT2D eigenvalue weighted by atomic mass is 16.5. The van der Waals surface area contributed by atoms with Crippen molar-refractivity contribution in [2.75, 3.05) is 7.11 Å². The monoisotopic (exact) mass is 283 g/mol. The van der Waals surface area contributed by atoms with E-state index in [4.69, 9.17) is 9.72 Å². The predicted molar refractivity (Wildman–Crippen MR) is 88.8 cm³/mol. The maximum atomic E-state index is 5.31. The molecule has 1 heterocycles. The van der Waals surface area contributed by atoms with E-state index in [1.54, 1.807) is 7.11 Å². The van der Waals surface area contributed by atoms with Crippen molar-refractivity contribution in [1.82, 2.24) is 4.98 Å². The second-order valence-electron chi connectivity index (χ2n) is 5.39. The van der Waals surface area contributed by atoms with Crippen LogP contribution in [0.15, 0.2) is 36.4 Å². The van der Waals surface area contributed by atoms with Gasteiger partial charge in [0.15, 0.2) is 0 Å². The van der Waals surface area contributed by atoms with Gasteiger partial charge in [-0.1, -0.05) is 44.9 Å². The van der Waals surface area contributed by atoms with Crippen LogP contribution in [0, 0.1) is 0 Å². The number of nitrogens with zero attached hydrogens (tertiary/aromatic N) is 1. The Labute approximate surface area is 128 Å². The summed E-state index contributed by atoms with van der Waals surface area (Å²) >= 11 is 0. The van der Waals surface area contributed by atoms with E-state index in [0.717, 1.165) is 29.8 Å². The van der Waals surface area contributed by atoms with Crippen molar-refractivity contribution < 1.29 is 4.74 Å². The van der Waals surface area contributed by atoms with Gasteiger partial charge in [-0.3, -0.25) is 4.98 Å². The Kier molecular flexibility index (Phi) is 5.79. The molecule has 0 aliphatic carbocycles. The number of hydrogen-bond acceptors (Lipinski definition) is 2. The molecule has 1 aromatic carbocycles. The number of benzene rings is 1. The van der Waals surface area contributed by atoms with E-state index in [2.05, 4.69) is 32.0 Å². The lowest BCUT2D eigenvalue weighted by molar-refractivity contribution is 0.415. The highest BCUT2D eigenvalue weighted by molar-refractivity contribution is 5.61. The van der Waals surface area contributed by atoms with Gasteiger partial charge in [-0.25, -0.2) is 0 Å². The average molecular weight is 283 g/mol. The summed E-state index contributed by atoms with van der Waals surface area (Å²) in [6.07, 6.45) is 5.76. The number of aromatic nitrogens is 1. The molecule has 0 aliphatic heterocycles. The summed E-state index contributed by atoms with van der Waals surface area (Å²) in [5.74, 6) is 0.877. The van der Waals surface area contributed by atoms with Crippen LogP contribution >= 0.6 is 0 Å². The Hall–Kier alpha value is -1.83. The molecule has 2 nitrogen and oxygen atoms in total. The Morgan fingerprint density at radius 2 is 1.86 bits per heavy atom. The molecule has 112 valence electrons. The number of unbranched alkanes of at least 4 members (excludes halogenated alkanes) is 1. The number of aryl methyl sites for hydroxylation is 2. The smallest absolute Gasteiger partial charge is 0.119 e. The van der Waals surface area contributed by atoms with Crippen molar-refractivity contribution in [3.8, 4) is 17.0 Å². The van der Waals surface area contributed by atoms with Crippen LogP contribution < -0.4 is 4.74 Å². The minimum atomic E-state index is 0.877. The molecule has 1 aromatic heterocycles. The summed E-state index contributed by atoms with van der Waals surface area (Å²) in [6, 6.07) is 12.5. The molecule has 2 aromatic rings. The van der Waals surface area contributed by atoms with Crippen LogP contribution in [0.4, 0.5) is 0 Å². The topological polar surface area (TPSA) is 22.1 Å². The van der Waals surface area contributed by atoms with E-state index >= 15 is 0 Å². The summed E-state index contributed by atoms with van der Waals surface area (Å²) in [5, 5.41) is 0. The summed E-state index contributed by atoms with van der Waals surface area (Å²) in [7, 11) is 1.70. The first kappa shape index (κ1) is 15.6. The SMILES string of the molecule is CCCCc1nc(-c2cccc(OC)c2)ccc1CCC. The molecular formula is C19H25NO. The molecule has 0 amide bonds. The first-order valence-corrected chi connectivity index (χ1v) is 7.91. The highest BCUT2D eigenvalue weighted by Gasteiger charge is 2.07. The number of hydrogen-bond donors (Lipinski definition) is 0. The van der Waals surface area contributed by atoms with E-state index in [-0.39, 0.29) is 0 Å². The van der Waals surface area contributed by atoms with Crippen LogP contribution in [0.2, 0.25) is 0 Å². The maximum absolute atomic E-state index is 5.31. The second-order valence-corrected chi connectivity index (χ2v) is 5.39. The molecule has 21 heavy (non-hydrogen) atoms. The highest BCUT2D eigenvalue weighted by Crippen LogP contribution is 2.24. The molecule has 0 fully saturated rings. The standard InChI is InChI=1S/C19H25NO/c1-4-6-11-18-15(8-5-2)12-13-19(20-18)16-9-7-10-17(14-16)21-3/h7,9-10,12-14H,4-6,8,11H2,1-3H3. The van der Waals surface area contributed by atoms with Gasteiger partial charge in [-0.2, -0.15) is 0 Å². The number of ether oxygens (including phenoxy) is 1. The van der Waals surface area contributed by atoms with E-state index in [0.29, 0.717) is 0 Å². The first-order valence-electron chi connectivity index (χ1n) is 7.91. The lowest BCUT2D eigenvalue weighted by Crippen LogP contribution is -2.00. The molecule has 2 heteroatoms. The number of methoxy groups -OCH3 is 1. The van der Waals surface area contributed by atoms with Gasteiger partial charge < -0.3 is 4.74 Å². The van der Waals surface area contributed by atoms with Crippen molar-refractivity contribution in [1.29, 1.82) is 0 Å². The molecule has 0 spiro atoms. The predicted octanol–water partition coefficient (Wildman–Crippen LogP) is 5.05. The first-order chi connectivity index (χ1) is 10.3. The molecule has 0 saturated carbocycles. The zero-order valence-corrected chi connectivity index (χ0v) is 13.4. The molecule has 0 bridgehead atoms. The molecule has 0 aliphatic rings. The summed E-state index contributed by atoms with van der Waals surface area (Å²) in [4.78, 5) is 4.92. The quantitative estimate of drug-likeness (QED) is 0.709. The van der Waals surface area contributed by atoms with Crippen LogP contribution in [0.3, 0.4) is 0 Å². The number of rotatable bonds is 7. The Morgan fingerprint density at radius 3 is 2.57 bits per heavy atom. The molecule has 0 saturated heterocycles. The van der Waals surface area contributed by atoms with Gasteiger partial charge >= 0.3 is 0 Å². The lowest BCUT2D eigenvalue weighted by Gasteiger charge is -2.11. The van der Waals surface area contributed by atoms with E-state index in [1.807, 2.05) is 18.2 Å². The summed E-state index contributed by atoms with van der Waals surface area (Å²) in [6.45, 7) is 4.45. The van der Waals surface area contributed by atoms with Crippen molar-refractivity contribution in [3.63, 3.8) is 0 Å². The van der Waals surface area contributed by atoms with Gasteiger partial charge in [0.2, 0.25) is 0 Å². The third-order valence-corrected chi connectivity index (χ3v) is 3.72. The van der Waals surface area contributed by atoms with Gasteiger partial charge in [-0.15, -0.1) is 0 Å². The zero-order chi connectivity index (χ0) is 15.1. The molecule has 0 N–H and O–H groups in total. The average Bonchev–Trinajstić information content (AvgIpc) is 2.54. The molecule has 0 unspecified atom stereocenters. The third kappa shape index (κ3) is 4.07. The third-order valence-electron chi connectivity index (χ3n) is 3.72. The van der Waals surface area contributed by atoms with E-state index in [1.165, 1.54) is 30.5 Å². The van der Waals surface area contributed by atoms with Gasteiger partial charge in [0.25, 0.3) is 0 Å². The van der Waals surface area contributed by atoms with Gasteiger partial charge in [0, 0.05) is 11.3 Å². The minimum absolute atomic E-state index is 0.877. The normalized spacial score (nSPS) is 10.6. The van der Waals surface area contributed by atoms with Crippen LogP contribution in [-0.4, -0.2) is 12.1 Å². The fourth-order valence-electron chi connectivity index (χ4n) is 2.53. The van der Waals surface area contributed by atoms with Crippen molar-refractivity contribution in [3.05, 3.63) is 47.7 Å². The summed E-state index contributed by atoms with van der Waals surface area (Å²) < 4.78 is 5.31. The lowest BCUT2D eigenvalue weighted by atomic mass is 10.0. The van der Waals surface area contributed by atoms with E-state index in [9.17, 15) is 0 Å². The maximum Gasteiger partial charge on any atom is 0.119 e. The minimum Gasteiger partial charge on any atom is -0.497 e.